The lowest BCUT2D eigenvalue weighted by molar-refractivity contribution is 0.131. The molecule has 3 saturated carbocycles. The first kappa shape index (κ1) is 10.9. The van der Waals surface area contributed by atoms with Gasteiger partial charge in [0.25, 0.3) is 0 Å². The molecule has 5 unspecified atom stereocenters. The zero-order valence-corrected chi connectivity index (χ0v) is 11.6. The van der Waals surface area contributed by atoms with Crippen LogP contribution < -0.4 is 0 Å². The molecule has 1 heterocycles. The van der Waals surface area contributed by atoms with Gasteiger partial charge < -0.3 is 5.11 Å². The highest BCUT2D eigenvalue weighted by Gasteiger charge is 2.66. The van der Waals surface area contributed by atoms with E-state index in [-0.39, 0.29) is 6.10 Å². The van der Waals surface area contributed by atoms with Gasteiger partial charge in [-0.25, -0.2) is 0 Å². The average Bonchev–Trinajstić information content (AvgIpc) is 2.82. The van der Waals surface area contributed by atoms with Crippen molar-refractivity contribution < 1.29 is 5.11 Å². The first-order chi connectivity index (χ1) is 9.34. The molecule has 2 bridgehead atoms. The van der Waals surface area contributed by atoms with Crippen LogP contribution in [0.1, 0.15) is 30.9 Å². The molecule has 3 aliphatic carbocycles. The second-order valence-corrected chi connectivity index (χ2v) is 7.61. The summed E-state index contributed by atoms with van der Waals surface area (Å²) < 4.78 is 1.31. The van der Waals surface area contributed by atoms with Gasteiger partial charge in [0.2, 0.25) is 0 Å². The van der Waals surface area contributed by atoms with Gasteiger partial charge >= 0.3 is 0 Å². The number of thiophene rings is 1. The molecule has 2 aromatic rings. The predicted octanol–water partition coefficient (Wildman–Crippen LogP) is 4.23. The van der Waals surface area contributed by atoms with Crippen molar-refractivity contribution in [1.29, 1.82) is 0 Å². The Hall–Kier alpha value is -0.860. The van der Waals surface area contributed by atoms with Crippen molar-refractivity contribution >= 4 is 21.4 Å². The second kappa shape index (κ2) is 3.62. The highest BCUT2D eigenvalue weighted by atomic mass is 32.1. The highest BCUT2D eigenvalue weighted by molar-refractivity contribution is 7.17. The van der Waals surface area contributed by atoms with E-state index < -0.39 is 0 Å². The van der Waals surface area contributed by atoms with Crippen LogP contribution in [-0.4, -0.2) is 5.11 Å². The van der Waals surface area contributed by atoms with Gasteiger partial charge in [0, 0.05) is 4.70 Å². The summed E-state index contributed by atoms with van der Waals surface area (Å²) in [5.41, 5.74) is 1.19. The summed E-state index contributed by atoms with van der Waals surface area (Å²) in [7, 11) is 0. The van der Waals surface area contributed by atoms with Crippen molar-refractivity contribution in [2.45, 2.75) is 25.4 Å². The molecule has 1 aromatic carbocycles. The Labute approximate surface area is 117 Å². The lowest BCUT2D eigenvalue weighted by Gasteiger charge is -2.14. The Morgan fingerprint density at radius 1 is 1.11 bits per heavy atom. The molecule has 0 aliphatic heterocycles. The summed E-state index contributed by atoms with van der Waals surface area (Å²) in [6.07, 6.45) is 4.11. The van der Waals surface area contributed by atoms with Crippen molar-refractivity contribution in [3.8, 4) is 0 Å². The van der Waals surface area contributed by atoms with Crippen LogP contribution in [0.5, 0.6) is 0 Å². The van der Waals surface area contributed by atoms with Crippen LogP contribution in [0.3, 0.4) is 0 Å². The summed E-state index contributed by atoms with van der Waals surface area (Å²) in [6, 6.07) is 8.49. The van der Waals surface area contributed by atoms with Gasteiger partial charge in [0.15, 0.2) is 0 Å². The third-order valence-electron chi connectivity index (χ3n) is 5.99. The number of hydrogen-bond acceptors (Lipinski definition) is 2. The van der Waals surface area contributed by atoms with E-state index in [0.717, 1.165) is 23.7 Å². The lowest BCUT2D eigenvalue weighted by atomic mass is 9.95. The number of rotatable bonds is 2. The van der Waals surface area contributed by atoms with E-state index in [4.69, 9.17) is 0 Å². The Morgan fingerprint density at radius 3 is 2.63 bits per heavy atom. The molecule has 0 amide bonds. The standard InChI is InChI=1S/C17H18OS/c18-17(12-8-19-13-4-2-1-3-11(12)13)16-14-9-5-6-10(7-9)15(14)16/h1-4,8-10,14-18H,5-7H2. The minimum Gasteiger partial charge on any atom is -0.388 e. The predicted molar refractivity (Wildman–Crippen MR) is 78.1 cm³/mol. The SMILES string of the molecule is OC(c1csc2ccccc12)C1C2C3CCC(C3)C21. The monoisotopic (exact) mass is 270 g/mol. The molecular weight excluding hydrogens is 252 g/mol. The van der Waals surface area contributed by atoms with E-state index in [1.165, 1.54) is 34.9 Å². The molecule has 3 fully saturated rings. The van der Waals surface area contributed by atoms with Gasteiger partial charge in [-0.1, -0.05) is 18.2 Å². The van der Waals surface area contributed by atoms with Crippen molar-refractivity contribution in [3.63, 3.8) is 0 Å². The third-order valence-corrected chi connectivity index (χ3v) is 6.97. The Bertz CT molecular complexity index is 630. The molecule has 1 aromatic heterocycles. The molecule has 98 valence electrons. The van der Waals surface area contributed by atoms with Gasteiger partial charge in [-0.3, -0.25) is 0 Å². The van der Waals surface area contributed by atoms with Crippen LogP contribution in [0.15, 0.2) is 29.6 Å². The Morgan fingerprint density at radius 2 is 1.84 bits per heavy atom. The minimum absolute atomic E-state index is 0.213. The summed E-state index contributed by atoms with van der Waals surface area (Å²) in [5, 5.41) is 14.3. The first-order valence-corrected chi connectivity index (χ1v) is 8.37. The second-order valence-electron chi connectivity index (χ2n) is 6.70. The van der Waals surface area contributed by atoms with Gasteiger partial charge in [-0.15, -0.1) is 11.3 Å². The fourth-order valence-corrected chi connectivity index (χ4v) is 6.24. The number of benzene rings is 1. The maximum absolute atomic E-state index is 10.8. The summed E-state index contributed by atoms with van der Waals surface area (Å²) >= 11 is 1.77. The van der Waals surface area contributed by atoms with Crippen molar-refractivity contribution in [3.05, 3.63) is 35.2 Å². The van der Waals surface area contributed by atoms with E-state index in [0.29, 0.717) is 5.92 Å². The van der Waals surface area contributed by atoms with Crippen molar-refractivity contribution in [1.82, 2.24) is 0 Å². The van der Waals surface area contributed by atoms with Crippen LogP contribution in [0.25, 0.3) is 10.1 Å². The molecule has 3 aliphatic rings. The molecule has 19 heavy (non-hydrogen) atoms. The van der Waals surface area contributed by atoms with Crippen LogP contribution in [0.2, 0.25) is 0 Å². The van der Waals surface area contributed by atoms with Crippen LogP contribution >= 0.6 is 11.3 Å². The van der Waals surface area contributed by atoms with E-state index in [9.17, 15) is 5.11 Å². The zero-order chi connectivity index (χ0) is 12.6. The molecule has 5 rings (SSSR count). The Kier molecular flexibility index (Phi) is 2.07. The van der Waals surface area contributed by atoms with E-state index >= 15 is 0 Å². The van der Waals surface area contributed by atoms with E-state index in [1.54, 1.807) is 11.3 Å². The molecule has 0 spiro atoms. The fraction of sp³-hybridized carbons (Fsp3) is 0.529. The van der Waals surface area contributed by atoms with Gasteiger partial charge in [0.05, 0.1) is 6.10 Å². The van der Waals surface area contributed by atoms with Gasteiger partial charge in [0.1, 0.15) is 0 Å². The minimum atomic E-state index is -0.213. The number of aliphatic hydroxyl groups is 1. The van der Waals surface area contributed by atoms with E-state index in [1.807, 2.05) is 0 Å². The molecule has 0 saturated heterocycles. The maximum Gasteiger partial charge on any atom is 0.0837 e. The molecular formula is C17H18OS. The quantitative estimate of drug-likeness (QED) is 0.866. The average molecular weight is 270 g/mol. The van der Waals surface area contributed by atoms with Crippen LogP contribution in [0.4, 0.5) is 0 Å². The molecule has 2 heteroatoms. The molecule has 5 atom stereocenters. The fourth-order valence-electron chi connectivity index (χ4n) is 5.25. The van der Waals surface area contributed by atoms with Gasteiger partial charge in [-0.2, -0.15) is 0 Å². The zero-order valence-electron chi connectivity index (χ0n) is 10.8. The van der Waals surface area contributed by atoms with Gasteiger partial charge in [-0.05, 0) is 71.2 Å². The molecule has 1 N–H and O–H groups in total. The summed E-state index contributed by atoms with van der Waals surface area (Å²) in [5.74, 6) is 4.17. The van der Waals surface area contributed by atoms with Crippen molar-refractivity contribution in [2.24, 2.45) is 29.6 Å². The number of aliphatic hydroxyl groups excluding tert-OH is 1. The molecule has 0 radical (unpaired) electrons. The largest absolute Gasteiger partial charge is 0.388 e. The summed E-state index contributed by atoms with van der Waals surface area (Å²) in [6.45, 7) is 0. The summed E-state index contributed by atoms with van der Waals surface area (Å²) in [4.78, 5) is 0. The van der Waals surface area contributed by atoms with Crippen molar-refractivity contribution in [2.75, 3.05) is 0 Å². The smallest absolute Gasteiger partial charge is 0.0837 e. The third kappa shape index (κ3) is 1.34. The topological polar surface area (TPSA) is 20.2 Å². The van der Waals surface area contributed by atoms with Crippen LogP contribution in [0, 0.1) is 29.6 Å². The number of fused-ring (bicyclic) bond motifs is 6. The lowest BCUT2D eigenvalue weighted by Crippen LogP contribution is -2.07. The maximum atomic E-state index is 10.8. The first-order valence-electron chi connectivity index (χ1n) is 7.49. The normalized spacial score (nSPS) is 40.6. The Balaban J connectivity index is 1.51. The molecule has 1 nitrogen and oxygen atoms in total. The highest BCUT2D eigenvalue weighted by Crippen LogP contribution is 2.72. The van der Waals surface area contributed by atoms with E-state index in [2.05, 4.69) is 29.6 Å². The van der Waals surface area contributed by atoms with Crippen LogP contribution in [-0.2, 0) is 0 Å². The number of hydrogen-bond donors (Lipinski definition) is 1.